The fourth-order valence-corrected chi connectivity index (χ4v) is 6.33. The van der Waals surface area contributed by atoms with E-state index in [0.29, 0.717) is 23.6 Å². The predicted octanol–water partition coefficient (Wildman–Crippen LogP) is 7.41. The molecule has 1 fully saturated rings. The first kappa shape index (κ1) is 25.0. The molecule has 5 nitrogen and oxygen atoms in total. The van der Waals surface area contributed by atoms with E-state index in [1.807, 2.05) is 0 Å². The second kappa shape index (κ2) is 11.5. The van der Waals surface area contributed by atoms with Gasteiger partial charge in [0.05, 0.1) is 5.75 Å². The zero-order chi connectivity index (χ0) is 24.1. The van der Waals surface area contributed by atoms with E-state index in [4.69, 9.17) is 0 Å². The number of hydrogen-bond acceptors (Lipinski definition) is 5. The van der Waals surface area contributed by atoms with Crippen molar-refractivity contribution in [3.63, 3.8) is 0 Å². The van der Waals surface area contributed by atoms with Gasteiger partial charge in [-0.2, -0.15) is 0 Å². The van der Waals surface area contributed by atoms with E-state index < -0.39 is 0 Å². The van der Waals surface area contributed by atoms with Crippen LogP contribution in [0.2, 0.25) is 0 Å². The molecule has 4 rings (SSSR count). The first-order chi connectivity index (χ1) is 16.4. The van der Waals surface area contributed by atoms with Crippen molar-refractivity contribution in [3.8, 4) is 0 Å². The van der Waals surface area contributed by atoms with Crippen molar-refractivity contribution >= 4 is 34.7 Å². The second-order valence-corrected chi connectivity index (χ2v) is 11.7. The van der Waals surface area contributed by atoms with E-state index in [2.05, 4.69) is 83.5 Å². The van der Waals surface area contributed by atoms with Crippen LogP contribution in [0.15, 0.2) is 40.9 Å². The zero-order valence-electron chi connectivity index (χ0n) is 20.7. The molecule has 0 radical (unpaired) electrons. The molecule has 0 spiro atoms. The molecule has 0 aliphatic heterocycles. The van der Waals surface area contributed by atoms with Gasteiger partial charge in [-0.25, -0.2) is 0 Å². The lowest BCUT2D eigenvalue weighted by Crippen LogP contribution is -2.19. The molecule has 1 saturated carbocycles. The normalized spacial score (nSPS) is 14.8. The van der Waals surface area contributed by atoms with Gasteiger partial charge in [-0.15, -0.1) is 21.5 Å². The fourth-order valence-electron chi connectivity index (χ4n) is 4.80. The van der Waals surface area contributed by atoms with Gasteiger partial charge in [0.2, 0.25) is 5.91 Å². The van der Waals surface area contributed by atoms with Gasteiger partial charge >= 0.3 is 0 Å². The molecule has 0 unspecified atom stereocenters. The Balaban J connectivity index is 1.51. The number of aromatic nitrogens is 3. The average molecular weight is 497 g/mol. The summed E-state index contributed by atoms with van der Waals surface area (Å²) in [5.41, 5.74) is 3.35. The summed E-state index contributed by atoms with van der Waals surface area (Å²) in [6.07, 6.45) is 6.92. The Morgan fingerprint density at radius 2 is 1.76 bits per heavy atom. The quantitative estimate of drug-likeness (QED) is 0.313. The van der Waals surface area contributed by atoms with E-state index in [9.17, 15) is 4.79 Å². The number of hydrogen-bond donors (Lipinski definition) is 1. The molecule has 2 aromatic heterocycles. The van der Waals surface area contributed by atoms with Crippen LogP contribution >= 0.6 is 23.1 Å². The molecule has 0 atom stereocenters. The number of amides is 1. The summed E-state index contributed by atoms with van der Waals surface area (Å²) in [6.45, 7) is 8.69. The highest BCUT2D eigenvalue weighted by Gasteiger charge is 2.24. The van der Waals surface area contributed by atoms with Crippen molar-refractivity contribution in [1.82, 2.24) is 14.8 Å². The van der Waals surface area contributed by atoms with Crippen LogP contribution in [0.3, 0.4) is 0 Å². The van der Waals surface area contributed by atoms with E-state index in [-0.39, 0.29) is 5.91 Å². The summed E-state index contributed by atoms with van der Waals surface area (Å²) in [5, 5.41) is 15.3. The largest absolute Gasteiger partial charge is 0.325 e. The highest BCUT2D eigenvalue weighted by atomic mass is 32.2. The number of para-hydroxylation sites is 1. The van der Waals surface area contributed by atoms with Crippen LogP contribution in [0.1, 0.15) is 99.5 Å². The Kier molecular flexibility index (Phi) is 8.48. The van der Waals surface area contributed by atoms with Gasteiger partial charge in [-0.05, 0) is 47.3 Å². The number of nitrogens with one attached hydrogen (secondary N) is 1. The number of nitrogens with zero attached hydrogens (tertiary/aromatic N) is 3. The maximum Gasteiger partial charge on any atom is 0.234 e. The third-order valence-corrected chi connectivity index (χ3v) is 8.38. The van der Waals surface area contributed by atoms with E-state index >= 15 is 0 Å². The van der Waals surface area contributed by atoms with E-state index in [1.165, 1.54) is 47.0 Å². The maximum absolute atomic E-state index is 13.1. The van der Waals surface area contributed by atoms with Gasteiger partial charge < -0.3 is 9.88 Å². The van der Waals surface area contributed by atoms with E-state index in [1.54, 1.807) is 11.3 Å². The molecule has 1 aliphatic carbocycles. The summed E-state index contributed by atoms with van der Waals surface area (Å²) in [5.74, 6) is 2.04. The number of thiophene rings is 1. The van der Waals surface area contributed by atoms with Crippen LogP contribution in [0.4, 0.5) is 5.69 Å². The zero-order valence-corrected chi connectivity index (χ0v) is 22.3. The third-order valence-electron chi connectivity index (χ3n) is 6.56. The van der Waals surface area contributed by atoms with Crippen LogP contribution in [0, 0.1) is 0 Å². The van der Waals surface area contributed by atoms with Crippen molar-refractivity contribution < 1.29 is 4.79 Å². The van der Waals surface area contributed by atoms with Gasteiger partial charge in [0.15, 0.2) is 5.16 Å². The fraction of sp³-hybridized carbons (Fsp3) is 0.519. The Bertz CT molecular complexity index is 1060. The molecule has 1 aliphatic rings. The number of rotatable bonds is 9. The van der Waals surface area contributed by atoms with Gasteiger partial charge in [0, 0.05) is 23.0 Å². The molecule has 1 aromatic carbocycles. The minimum atomic E-state index is 0.0120. The van der Waals surface area contributed by atoms with Crippen LogP contribution < -0.4 is 5.32 Å². The smallest absolute Gasteiger partial charge is 0.234 e. The van der Waals surface area contributed by atoms with Crippen molar-refractivity contribution in [1.29, 1.82) is 0 Å². The molecule has 1 amide bonds. The molecule has 3 aromatic rings. The summed E-state index contributed by atoms with van der Waals surface area (Å²) in [7, 11) is 0. The standard InChI is InChI=1S/C27H36N4OS2/c1-18(2)22-13-8-14-23(19(3)4)26(22)28-25(32)17-34-27-30-29-24(16-21-12-9-15-33-21)31(27)20-10-6-5-7-11-20/h8-9,12-15,18-20H,5-7,10-11,16-17H2,1-4H3,(H,28,32). The Labute approximate surface area is 211 Å². The Hall–Kier alpha value is -2.12. The lowest BCUT2D eigenvalue weighted by molar-refractivity contribution is -0.113. The average Bonchev–Trinajstić information content (AvgIpc) is 3.48. The molecule has 0 saturated heterocycles. The van der Waals surface area contributed by atoms with E-state index in [0.717, 1.165) is 35.9 Å². The van der Waals surface area contributed by atoms with Crippen LogP contribution in [-0.4, -0.2) is 26.4 Å². The van der Waals surface area contributed by atoms with Gasteiger partial charge in [-0.1, -0.05) is 83.0 Å². The molecule has 34 heavy (non-hydrogen) atoms. The SMILES string of the molecule is CC(C)c1cccc(C(C)C)c1NC(=O)CSc1nnc(Cc2cccs2)n1C1CCCCC1. The molecular weight excluding hydrogens is 460 g/mol. The monoisotopic (exact) mass is 496 g/mol. The molecular formula is C27H36N4OS2. The number of carbonyl (C=O) groups is 1. The van der Waals surface area contributed by atoms with Crippen molar-refractivity contribution in [3.05, 3.63) is 57.5 Å². The first-order valence-corrected chi connectivity index (χ1v) is 14.3. The molecule has 1 N–H and O–H groups in total. The maximum atomic E-state index is 13.1. The molecule has 2 heterocycles. The van der Waals surface area contributed by atoms with Gasteiger partial charge in [-0.3, -0.25) is 4.79 Å². The van der Waals surface area contributed by atoms with Crippen LogP contribution in [0.5, 0.6) is 0 Å². The third kappa shape index (κ3) is 5.92. The van der Waals surface area contributed by atoms with Crippen molar-refractivity contribution in [2.24, 2.45) is 0 Å². The lowest BCUT2D eigenvalue weighted by Gasteiger charge is -2.25. The molecule has 7 heteroatoms. The number of benzene rings is 1. The Morgan fingerprint density at radius 1 is 1.06 bits per heavy atom. The number of anilines is 1. The van der Waals surface area contributed by atoms with Crippen LogP contribution in [-0.2, 0) is 11.2 Å². The van der Waals surface area contributed by atoms with Gasteiger partial charge in [0.1, 0.15) is 5.82 Å². The summed E-state index contributed by atoms with van der Waals surface area (Å²) >= 11 is 3.27. The summed E-state index contributed by atoms with van der Waals surface area (Å²) < 4.78 is 2.33. The summed E-state index contributed by atoms with van der Waals surface area (Å²) in [4.78, 5) is 14.4. The molecule has 182 valence electrons. The topological polar surface area (TPSA) is 59.8 Å². The minimum Gasteiger partial charge on any atom is -0.325 e. The van der Waals surface area contributed by atoms with Gasteiger partial charge in [0.25, 0.3) is 0 Å². The van der Waals surface area contributed by atoms with Crippen molar-refractivity contribution in [2.45, 2.75) is 89.3 Å². The highest BCUT2D eigenvalue weighted by Crippen LogP contribution is 2.35. The van der Waals surface area contributed by atoms with Crippen molar-refractivity contribution in [2.75, 3.05) is 11.1 Å². The molecule has 0 bridgehead atoms. The predicted molar refractivity (Wildman–Crippen MR) is 143 cm³/mol. The van der Waals surface area contributed by atoms with Crippen LogP contribution in [0.25, 0.3) is 0 Å². The lowest BCUT2D eigenvalue weighted by atomic mass is 9.92. The highest BCUT2D eigenvalue weighted by molar-refractivity contribution is 7.99. The number of thioether (sulfide) groups is 1. The Morgan fingerprint density at radius 3 is 2.38 bits per heavy atom. The minimum absolute atomic E-state index is 0.0120. The first-order valence-electron chi connectivity index (χ1n) is 12.5. The summed E-state index contributed by atoms with van der Waals surface area (Å²) in [6, 6.07) is 11.0. The second-order valence-electron chi connectivity index (χ2n) is 9.77. The number of carbonyl (C=O) groups excluding carboxylic acids is 1.